The van der Waals surface area contributed by atoms with Crippen LogP contribution in [0.5, 0.6) is 0 Å². The molecular weight excluding hydrogens is 228 g/mol. The number of rotatable bonds is 2. The van der Waals surface area contributed by atoms with Crippen LogP contribution in [0.1, 0.15) is 33.1 Å². The molecule has 4 rings (SSSR count). The summed E-state index contributed by atoms with van der Waals surface area (Å²) < 4.78 is 5.50. The zero-order valence-corrected chi connectivity index (χ0v) is 11.0. The average Bonchev–Trinajstić information content (AvgIpc) is 2.31. The van der Waals surface area contributed by atoms with Crippen LogP contribution < -0.4 is 0 Å². The topological polar surface area (TPSA) is 43.4 Å². The predicted molar refractivity (Wildman–Crippen MR) is 66.7 cm³/mol. The van der Waals surface area contributed by atoms with Crippen molar-refractivity contribution >= 4 is 11.8 Å². The monoisotopic (exact) mass is 248 g/mol. The Kier molecular flexibility index (Phi) is 2.45. The van der Waals surface area contributed by atoms with E-state index in [1.807, 2.05) is 0 Å². The molecule has 5 unspecified atom stereocenters. The summed E-state index contributed by atoms with van der Waals surface area (Å²) in [4.78, 5) is 23.7. The van der Waals surface area contributed by atoms with E-state index in [1.165, 1.54) is 6.08 Å². The molecule has 4 saturated carbocycles. The molecule has 4 aliphatic rings. The molecule has 0 spiro atoms. The molecule has 4 bridgehead atoms. The van der Waals surface area contributed by atoms with E-state index in [1.54, 1.807) is 0 Å². The van der Waals surface area contributed by atoms with E-state index in [2.05, 4.69) is 20.4 Å². The van der Waals surface area contributed by atoms with Crippen LogP contribution in [0.3, 0.4) is 0 Å². The number of ketones is 1. The van der Waals surface area contributed by atoms with Gasteiger partial charge < -0.3 is 4.74 Å². The fourth-order valence-corrected chi connectivity index (χ4v) is 4.49. The van der Waals surface area contributed by atoms with Crippen LogP contribution in [-0.2, 0) is 14.3 Å². The van der Waals surface area contributed by atoms with E-state index < -0.39 is 5.97 Å². The van der Waals surface area contributed by atoms with E-state index >= 15 is 0 Å². The number of carbonyl (C=O) groups is 2. The van der Waals surface area contributed by atoms with Crippen molar-refractivity contribution in [2.24, 2.45) is 29.1 Å². The maximum absolute atomic E-state index is 12.2. The highest BCUT2D eigenvalue weighted by Crippen LogP contribution is 2.61. The van der Waals surface area contributed by atoms with Crippen LogP contribution in [0.4, 0.5) is 0 Å². The maximum atomic E-state index is 12.2. The van der Waals surface area contributed by atoms with Crippen molar-refractivity contribution in [3.8, 4) is 0 Å². The second kappa shape index (κ2) is 3.69. The summed E-state index contributed by atoms with van der Waals surface area (Å²) >= 11 is 0. The second-order valence-corrected chi connectivity index (χ2v) is 6.64. The quantitative estimate of drug-likeness (QED) is 0.556. The van der Waals surface area contributed by atoms with Gasteiger partial charge in [0.15, 0.2) is 0 Å². The third-order valence-corrected chi connectivity index (χ3v) is 5.63. The molecule has 0 saturated heterocycles. The van der Waals surface area contributed by atoms with Crippen molar-refractivity contribution in [2.75, 3.05) is 0 Å². The fraction of sp³-hybridized carbons (Fsp3) is 0.733. The van der Waals surface area contributed by atoms with E-state index in [0.717, 1.165) is 19.3 Å². The zero-order chi connectivity index (χ0) is 13.1. The highest BCUT2D eigenvalue weighted by Gasteiger charge is 2.61. The summed E-state index contributed by atoms with van der Waals surface area (Å²) in [6.45, 7) is 7.97. The van der Waals surface area contributed by atoms with Crippen LogP contribution in [0.25, 0.3) is 0 Å². The standard InChI is InChI=1S/C15H20O3/c1-4-12(16)18-14-10-7-9-5-8(13(10)17)6-11(14)15(9,2)3/h4,8-11,14H,1,5-7H2,2-3H3. The van der Waals surface area contributed by atoms with Crippen molar-refractivity contribution in [1.82, 2.24) is 0 Å². The Hall–Kier alpha value is -1.12. The number of carbonyl (C=O) groups excluding carboxylic acids is 2. The minimum Gasteiger partial charge on any atom is -0.458 e. The lowest BCUT2D eigenvalue weighted by molar-refractivity contribution is -0.193. The van der Waals surface area contributed by atoms with Gasteiger partial charge >= 0.3 is 5.97 Å². The van der Waals surface area contributed by atoms with Crippen molar-refractivity contribution < 1.29 is 14.3 Å². The molecular formula is C15H20O3. The van der Waals surface area contributed by atoms with Crippen molar-refractivity contribution in [2.45, 2.75) is 39.2 Å². The fourth-order valence-electron chi connectivity index (χ4n) is 4.49. The molecule has 0 aromatic heterocycles. The molecule has 0 aromatic rings. The van der Waals surface area contributed by atoms with Crippen LogP contribution in [0, 0.1) is 29.1 Å². The largest absolute Gasteiger partial charge is 0.458 e. The highest BCUT2D eigenvalue weighted by atomic mass is 16.5. The molecule has 3 heteroatoms. The normalized spacial score (nSPS) is 43.9. The van der Waals surface area contributed by atoms with Gasteiger partial charge in [0, 0.05) is 17.9 Å². The first-order valence-electron chi connectivity index (χ1n) is 6.82. The highest BCUT2D eigenvalue weighted by molar-refractivity contribution is 5.87. The number of Topliss-reactive ketones (excluding diaryl/α,β-unsaturated/α-hetero) is 1. The molecule has 98 valence electrons. The molecule has 18 heavy (non-hydrogen) atoms. The zero-order valence-electron chi connectivity index (χ0n) is 11.0. The van der Waals surface area contributed by atoms with Gasteiger partial charge in [-0.25, -0.2) is 4.79 Å². The molecule has 0 heterocycles. The Morgan fingerprint density at radius 2 is 2.11 bits per heavy atom. The number of hydrogen-bond donors (Lipinski definition) is 0. The van der Waals surface area contributed by atoms with Gasteiger partial charge in [-0.3, -0.25) is 4.79 Å². The first kappa shape index (κ1) is 11.9. The first-order chi connectivity index (χ1) is 8.45. The molecule has 4 aliphatic carbocycles. The smallest absolute Gasteiger partial charge is 0.330 e. The van der Waals surface area contributed by atoms with Gasteiger partial charge in [-0.2, -0.15) is 0 Å². The van der Waals surface area contributed by atoms with Gasteiger partial charge in [-0.15, -0.1) is 0 Å². The van der Waals surface area contributed by atoms with Crippen molar-refractivity contribution in [3.63, 3.8) is 0 Å². The molecule has 5 atom stereocenters. The van der Waals surface area contributed by atoms with Crippen LogP contribution in [-0.4, -0.2) is 17.9 Å². The van der Waals surface area contributed by atoms with Gasteiger partial charge in [0.05, 0.1) is 5.92 Å². The summed E-state index contributed by atoms with van der Waals surface area (Å²) in [5.74, 6) is 1.06. The molecule has 4 fully saturated rings. The molecule has 0 amide bonds. The number of hydrogen-bond acceptors (Lipinski definition) is 3. The lowest BCUT2D eigenvalue weighted by atomic mass is 9.45. The average molecular weight is 248 g/mol. The van der Waals surface area contributed by atoms with Crippen LogP contribution >= 0.6 is 0 Å². The molecule has 3 nitrogen and oxygen atoms in total. The van der Waals surface area contributed by atoms with Crippen molar-refractivity contribution in [3.05, 3.63) is 12.7 Å². The minimum atomic E-state index is -0.393. The van der Waals surface area contributed by atoms with Crippen molar-refractivity contribution in [1.29, 1.82) is 0 Å². The van der Waals surface area contributed by atoms with Gasteiger partial charge in [-0.05, 0) is 30.6 Å². The summed E-state index contributed by atoms with van der Waals surface area (Å²) in [7, 11) is 0. The lowest BCUT2D eigenvalue weighted by Gasteiger charge is -2.60. The third-order valence-electron chi connectivity index (χ3n) is 5.63. The van der Waals surface area contributed by atoms with Gasteiger partial charge in [0.1, 0.15) is 11.9 Å². The molecule has 0 aromatic carbocycles. The van der Waals surface area contributed by atoms with Gasteiger partial charge in [0.2, 0.25) is 0 Å². The van der Waals surface area contributed by atoms with E-state index in [-0.39, 0.29) is 23.4 Å². The van der Waals surface area contributed by atoms with E-state index in [9.17, 15) is 9.59 Å². The molecule has 0 N–H and O–H groups in total. The number of ether oxygens (including phenoxy) is 1. The Balaban J connectivity index is 1.92. The maximum Gasteiger partial charge on any atom is 0.330 e. The van der Waals surface area contributed by atoms with Gasteiger partial charge in [-0.1, -0.05) is 20.4 Å². The number of esters is 1. The van der Waals surface area contributed by atoms with Crippen LogP contribution in [0.2, 0.25) is 0 Å². The lowest BCUT2D eigenvalue weighted by Crippen LogP contribution is -2.62. The third kappa shape index (κ3) is 1.42. The molecule has 0 aliphatic heterocycles. The Labute approximate surface area is 108 Å². The molecule has 0 radical (unpaired) electrons. The predicted octanol–water partition coefficient (Wildman–Crippen LogP) is 2.36. The van der Waals surface area contributed by atoms with E-state index in [4.69, 9.17) is 4.74 Å². The van der Waals surface area contributed by atoms with Crippen LogP contribution in [0.15, 0.2) is 12.7 Å². The SMILES string of the molecule is C=CC(=O)OC1C2CC3CC(CC1C3(C)C)C2=O. The Bertz CT molecular complexity index is 423. The Morgan fingerprint density at radius 3 is 2.78 bits per heavy atom. The Morgan fingerprint density at radius 1 is 1.39 bits per heavy atom. The van der Waals surface area contributed by atoms with Gasteiger partial charge in [0.25, 0.3) is 0 Å². The second-order valence-electron chi connectivity index (χ2n) is 6.64. The summed E-state index contributed by atoms with van der Waals surface area (Å²) in [6, 6.07) is 0. The summed E-state index contributed by atoms with van der Waals surface area (Å²) in [5, 5.41) is 0. The minimum absolute atomic E-state index is 0.0515. The first-order valence-corrected chi connectivity index (χ1v) is 6.82. The van der Waals surface area contributed by atoms with E-state index in [0.29, 0.717) is 17.6 Å². The summed E-state index contributed by atoms with van der Waals surface area (Å²) in [6.07, 6.45) is 3.82. The summed E-state index contributed by atoms with van der Waals surface area (Å²) in [5.41, 5.74) is 0.180.